The second-order valence-electron chi connectivity index (χ2n) is 4.72. The monoisotopic (exact) mass is 305 g/mol. The predicted octanol–water partition coefficient (Wildman–Crippen LogP) is 1.92. The molecule has 110 valence electrons. The van der Waals surface area contributed by atoms with Crippen molar-refractivity contribution >= 4 is 17.5 Å². The molecule has 1 aromatic carbocycles. The Bertz CT molecular complexity index is 698. The van der Waals surface area contributed by atoms with Crippen LogP contribution in [0.3, 0.4) is 0 Å². The van der Waals surface area contributed by atoms with Crippen LogP contribution in [0, 0.1) is 0 Å². The van der Waals surface area contributed by atoms with Gasteiger partial charge in [-0.2, -0.15) is 5.10 Å². The van der Waals surface area contributed by atoms with Crippen molar-refractivity contribution < 1.29 is 4.79 Å². The largest absolute Gasteiger partial charge is 0.369 e. The number of halogens is 1. The molecule has 1 atom stereocenters. The van der Waals surface area contributed by atoms with Crippen LogP contribution in [0.2, 0.25) is 5.02 Å². The second kappa shape index (κ2) is 6.54. The number of benzene rings is 1. The quantitative estimate of drug-likeness (QED) is 0.916. The molecule has 0 saturated carbocycles. The van der Waals surface area contributed by atoms with Crippen molar-refractivity contribution in [2.75, 3.05) is 0 Å². The van der Waals surface area contributed by atoms with Gasteiger partial charge in [0.05, 0.1) is 29.2 Å². The zero-order valence-corrected chi connectivity index (χ0v) is 12.4. The predicted molar refractivity (Wildman–Crippen MR) is 81.3 cm³/mol. The van der Waals surface area contributed by atoms with E-state index in [1.54, 1.807) is 6.92 Å². The van der Waals surface area contributed by atoms with Gasteiger partial charge in [-0.15, -0.1) is 0 Å². The van der Waals surface area contributed by atoms with E-state index >= 15 is 0 Å². The fourth-order valence-electron chi connectivity index (χ4n) is 2.22. The van der Waals surface area contributed by atoms with Crippen molar-refractivity contribution in [3.8, 4) is 0 Å². The molecule has 0 bridgehead atoms. The average molecular weight is 306 g/mol. The van der Waals surface area contributed by atoms with Gasteiger partial charge >= 0.3 is 0 Å². The number of rotatable bonds is 5. The van der Waals surface area contributed by atoms with Crippen LogP contribution in [0.25, 0.3) is 0 Å². The van der Waals surface area contributed by atoms with Gasteiger partial charge in [-0.25, -0.2) is 4.68 Å². The van der Waals surface area contributed by atoms with Gasteiger partial charge < -0.3 is 5.73 Å². The van der Waals surface area contributed by atoms with Gasteiger partial charge in [0.1, 0.15) is 0 Å². The lowest BCUT2D eigenvalue weighted by Crippen LogP contribution is -2.32. The SMILES string of the molecule is CCC(C(N)=O)c1c(Cl)cnn(Cc2ccccc2)c1=O. The summed E-state index contributed by atoms with van der Waals surface area (Å²) in [4.78, 5) is 24.0. The molecule has 2 aromatic rings. The van der Waals surface area contributed by atoms with E-state index in [1.807, 2.05) is 30.3 Å². The maximum Gasteiger partial charge on any atom is 0.272 e. The zero-order chi connectivity index (χ0) is 15.4. The first-order valence-corrected chi connectivity index (χ1v) is 7.01. The lowest BCUT2D eigenvalue weighted by atomic mass is 9.97. The topological polar surface area (TPSA) is 78.0 Å². The van der Waals surface area contributed by atoms with Crippen LogP contribution in [-0.2, 0) is 11.3 Å². The molecule has 21 heavy (non-hydrogen) atoms. The second-order valence-corrected chi connectivity index (χ2v) is 5.12. The van der Waals surface area contributed by atoms with Gasteiger partial charge in [0, 0.05) is 0 Å². The first-order valence-electron chi connectivity index (χ1n) is 6.63. The Kier molecular flexibility index (Phi) is 4.75. The van der Waals surface area contributed by atoms with Gasteiger partial charge in [-0.05, 0) is 12.0 Å². The van der Waals surface area contributed by atoms with E-state index in [0.29, 0.717) is 13.0 Å². The normalized spacial score (nSPS) is 12.1. The number of aromatic nitrogens is 2. The summed E-state index contributed by atoms with van der Waals surface area (Å²) in [7, 11) is 0. The fourth-order valence-corrected chi connectivity index (χ4v) is 2.47. The van der Waals surface area contributed by atoms with Crippen LogP contribution >= 0.6 is 11.6 Å². The Hall–Kier alpha value is -2.14. The summed E-state index contributed by atoms with van der Waals surface area (Å²) in [6.07, 6.45) is 1.80. The number of amides is 1. The summed E-state index contributed by atoms with van der Waals surface area (Å²) < 4.78 is 1.29. The van der Waals surface area contributed by atoms with Gasteiger partial charge in [-0.3, -0.25) is 9.59 Å². The van der Waals surface area contributed by atoms with E-state index in [9.17, 15) is 9.59 Å². The van der Waals surface area contributed by atoms with Gasteiger partial charge in [-0.1, -0.05) is 48.9 Å². The maximum absolute atomic E-state index is 12.5. The highest BCUT2D eigenvalue weighted by atomic mass is 35.5. The number of primary amides is 1. The van der Waals surface area contributed by atoms with Crippen LogP contribution < -0.4 is 11.3 Å². The van der Waals surface area contributed by atoms with Crippen LogP contribution in [0.15, 0.2) is 41.3 Å². The number of hydrogen-bond donors (Lipinski definition) is 1. The third-order valence-corrected chi connectivity index (χ3v) is 3.61. The first-order chi connectivity index (χ1) is 10.0. The lowest BCUT2D eigenvalue weighted by molar-refractivity contribution is -0.119. The Labute approximate surface area is 127 Å². The first kappa shape index (κ1) is 15.3. The Morgan fingerprint density at radius 3 is 2.62 bits per heavy atom. The summed E-state index contributed by atoms with van der Waals surface area (Å²) >= 11 is 6.04. The third kappa shape index (κ3) is 3.31. The minimum absolute atomic E-state index is 0.176. The average Bonchev–Trinajstić information content (AvgIpc) is 2.47. The fraction of sp³-hybridized carbons (Fsp3) is 0.267. The summed E-state index contributed by atoms with van der Waals surface area (Å²) in [5, 5.41) is 4.21. The molecule has 1 aromatic heterocycles. The highest BCUT2D eigenvalue weighted by Crippen LogP contribution is 2.22. The summed E-state index contributed by atoms with van der Waals surface area (Å²) in [5.41, 5.74) is 6.13. The number of carbonyl (C=O) groups excluding carboxylic acids is 1. The molecule has 6 heteroatoms. The van der Waals surface area contributed by atoms with Crippen LogP contribution in [0.4, 0.5) is 0 Å². The minimum atomic E-state index is -0.699. The van der Waals surface area contributed by atoms with Crippen molar-refractivity contribution in [3.63, 3.8) is 0 Å². The van der Waals surface area contributed by atoms with Crippen molar-refractivity contribution in [2.24, 2.45) is 5.73 Å². The minimum Gasteiger partial charge on any atom is -0.369 e. The molecule has 0 aliphatic heterocycles. The Balaban J connectivity index is 2.46. The van der Waals surface area contributed by atoms with Crippen molar-refractivity contribution in [2.45, 2.75) is 25.8 Å². The molecule has 0 spiro atoms. The number of nitrogens with zero attached hydrogens (tertiary/aromatic N) is 2. The van der Waals surface area contributed by atoms with E-state index in [-0.39, 0.29) is 16.1 Å². The Morgan fingerprint density at radius 1 is 1.38 bits per heavy atom. The molecule has 0 fully saturated rings. The van der Waals surface area contributed by atoms with Crippen molar-refractivity contribution in [3.05, 3.63) is 63.0 Å². The van der Waals surface area contributed by atoms with Crippen molar-refractivity contribution in [1.29, 1.82) is 0 Å². The molecule has 0 aliphatic carbocycles. The smallest absolute Gasteiger partial charge is 0.272 e. The van der Waals surface area contributed by atoms with E-state index in [0.717, 1.165) is 5.56 Å². The van der Waals surface area contributed by atoms with Crippen LogP contribution in [-0.4, -0.2) is 15.7 Å². The molecule has 0 saturated heterocycles. The van der Waals surface area contributed by atoms with E-state index in [4.69, 9.17) is 17.3 Å². The van der Waals surface area contributed by atoms with E-state index < -0.39 is 11.8 Å². The van der Waals surface area contributed by atoms with Gasteiger partial charge in [0.15, 0.2) is 0 Å². The number of hydrogen-bond acceptors (Lipinski definition) is 3. The number of nitrogens with two attached hydrogens (primary N) is 1. The summed E-state index contributed by atoms with van der Waals surface area (Å²) in [6, 6.07) is 9.46. The lowest BCUT2D eigenvalue weighted by Gasteiger charge is -2.14. The van der Waals surface area contributed by atoms with Gasteiger partial charge in [0.25, 0.3) is 5.56 Å². The zero-order valence-electron chi connectivity index (χ0n) is 11.6. The molecule has 1 amide bonds. The standard InChI is InChI=1S/C15H16ClN3O2/c1-2-11(14(17)20)13-12(16)8-18-19(15(13)21)9-10-6-4-3-5-7-10/h3-8,11H,2,9H2,1H3,(H2,17,20). The maximum atomic E-state index is 12.5. The van der Waals surface area contributed by atoms with Crippen LogP contribution in [0.5, 0.6) is 0 Å². The Morgan fingerprint density at radius 2 is 2.05 bits per heavy atom. The van der Waals surface area contributed by atoms with Crippen molar-refractivity contribution in [1.82, 2.24) is 9.78 Å². The molecule has 2 rings (SSSR count). The van der Waals surface area contributed by atoms with E-state index in [2.05, 4.69) is 5.10 Å². The van der Waals surface area contributed by atoms with E-state index in [1.165, 1.54) is 10.9 Å². The molecule has 1 heterocycles. The third-order valence-electron chi connectivity index (χ3n) is 3.31. The summed E-state index contributed by atoms with van der Waals surface area (Å²) in [6.45, 7) is 2.10. The number of carbonyl (C=O) groups is 1. The molecular formula is C15H16ClN3O2. The molecule has 0 radical (unpaired) electrons. The molecule has 5 nitrogen and oxygen atoms in total. The molecular weight excluding hydrogens is 290 g/mol. The molecule has 1 unspecified atom stereocenters. The van der Waals surface area contributed by atoms with Crippen LogP contribution in [0.1, 0.15) is 30.4 Å². The highest BCUT2D eigenvalue weighted by Gasteiger charge is 2.23. The summed E-state index contributed by atoms with van der Waals surface area (Å²) in [5.74, 6) is -1.26. The molecule has 2 N–H and O–H groups in total. The van der Waals surface area contributed by atoms with Gasteiger partial charge in [0.2, 0.25) is 5.91 Å². The molecule has 0 aliphatic rings. The highest BCUT2D eigenvalue weighted by molar-refractivity contribution is 6.31.